The molecule has 1 heterocycles. The molecule has 1 amide bonds. The Morgan fingerprint density at radius 2 is 1.69 bits per heavy atom. The summed E-state index contributed by atoms with van der Waals surface area (Å²) < 4.78 is 5.73. The lowest BCUT2D eigenvalue weighted by Crippen LogP contribution is -2.44. The van der Waals surface area contributed by atoms with Crippen LogP contribution in [-0.4, -0.2) is 49.4 Å². The molecular formula is C27H36N2O3. The number of ketones is 1. The van der Waals surface area contributed by atoms with Gasteiger partial charge in [0, 0.05) is 45.0 Å². The first kappa shape index (κ1) is 24.1. The maximum atomic E-state index is 13.4. The summed E-state index contributed by atoms with van der Waals surface area (Å²) in [5.74, 6) is -0.560. The first-order valence-corrected chi connectivity index (χ1v) is 11.6. The topological polar surface area (TPSA) is 58.6 Å². The molecule has 1 aliphatic heterocycles. The molecule has 1 fully saturated rings. The monoisotopic (exact) mass is 436 g/mol. The molecule has 172 valence electrons. The van der Waals surface area contributed by atoms with Gasteiger partial charge in [0.2, 0.25) is 5.91 Å². The number of benzene rings is 2. The van der Waals surface area contributed by atoms with E-state index < -0.39 is 5.92 Å². The summed E-state index contributed by atoms with van der Waals surface area (Å²) >= 11 is 0. The lowest BCUT2D eigenvalue weighted by molar-refractivity contribution is -0.139. The minimum atomic E-state index is -0.393. The van der Waals surface area contributed by atoms with Gasteiger partial charge in [-0.05, 0) is 36.9 Å². The largest absolute Gasteiger partial charge is 0.379 e. The maximum Gasteiger partial charge on any atom is 0.226 e. The zero-order valence-electron chi connectivity index (χ0n) is 19.5. The molecule has 1 saturated heterocycles. The molecule has 2 aromatic carbocycles. The van der Waals surface area contributed by atoms with Gasteiger partial charge in [0.25, 0.3) is 0 Å². The van der Waals surface area contributed by atoms with Crippen molar-refractivity contribution in [1.29, 1.82) is 0 Å². The quantitative estimate of drug-likeness (QED) is 0.581. The van der Waals surface area contributed by atoms with Gasteiger partial charge in [-0.2, -0.15) is 0 Å². The Kier molecular flexibility index (Phi) is 9.00. The molecule has 5 heteroatoms. The number of hydrogen-bond donors (Lipinski definition) is 1. The van der Waals surface area contributed by atoms with Crippen LogP contribution in [0.4, 0.5) is 0 Å². The average Bonchev–Trinajstić information content (AvgIpc) is 3.34. The van der Waals surface area contributed by atoms with Crippen LogP contribution in [0.25, 0.3) is 0 Å². The number of methoxy groups -OCH3 is 1. The van der Waals surface area contributed by atoms with Gasteiger partial charge in [0.1, 0.15) is 5.78 Å². The van der Waals surface area contributed by atoms with E-state index >= 15 is 0 Å². The number of rotatable bonds is 11. The number of carbonyl (C=O) groups excluding carboxylic acids is 2. The van der Waals surface area contributed by atoms with Crippen LogP contribution in [0.1, 0.15) is 37.3 Å². The number of ether oxygens (including phenoxy) is 1. The predicted octanol–water partition coefficient (Wildman–Crippen LogP) is 3.87. The normalized spacial score (nSPS) is 18.7. The predicted molar refractivity (Wildman–Crippen MR) is 127 cm³/mol. The molecular weight excluding hydrogens is 400 g/mol. The smallest absolute Gasteiger partial charge is 0.226 e. The van der Waals surface area contributed by atoms with Gasteiger partial charge in [-0.1, -0.05) is 67.6 Å². The van der Waals surface area contributed by atoms with Crippen LogP contribution >= 0.6 is 0 Å². The van der Waals surface area contributed by atoms with Gasteiger partial charge in [-0.25, -0.2) is 0 Å². The number of Topliss-reactive ketones (excluding diaryl/α,β-unsaturated/α-hetero) is 1. The van der Waals surface area contributed by atoms with E-state index in [0.717, 1.165) is 30.5 Å². The summed E-state index contributed by atoms with van der Waals surface area (Å²) in [6.07, 6.45) is 2.73. The molecule has 0 bridgehead atoms. The zero-order valence-corrected chi connectivity index (χ0v) is 19.5. The second kappa shape index (κ2) is 11.9. The van der Waals surface area contributed by atoms with Crippen LogP contribution in [-0.2, 0) is 27.3 Å². The number of nitrogens with zero attached hydrogens (tertiary/aromatic N) is 1. The fraction of sp³-hybridized carbons (Fsp3) is 0.481. The Hall–Kier alpha value is -2.50. The molecule has 0 saturated carbocycles. The molecule has 3 rings (SSSR count). The minimum Gasteiger partial charge on any atom is -0.379 e. The van der Waals surface area contributed by atoms with Gasteiger partial charge in [-0.3, -0.25) is 9.59 Å². The van der Waals surface area contributed by atoms with Crippen LogP contribution in [0.3, 0.4) is 0 Å². The van der Waals surface area contributed by atoms with Crippen molar-refractivity contribution in [2.45, 2.75) is 51.3 Å². The Balaban J connectivity index is 1.72. The van der Waals surface area contributed by atoms with E-state index in [9.17, 15) is 9.59 Å². The van der Waals surface area contributed by atoms with E-state index in [0.29, 0.717) is 13.0 Å². The molecule has 0 radical (unpaired) electrons. The van der Waals surface area contributed by atoms with Crippen molar-refractivity contribution in [3.05, 3.63) is 71.8 Å². The van der Waals surface area contributed by atoms with Crippen LogP contribution in [0, 0.1) is 11.8 Å². The van der Waals surface area contributed by atoms with Crippen molar-refractivity contribution in [3.63, 3.8) is 0 Å². The molecule has 2 aromatic rings. The Morgan fingerprint density at radius 3 is 2.25 bits per heavy atom. The summed E-state index contributed by atoms with van der Waals surface area (Å²) in [6, 6.07) is 20.1. The number of amides is 1. The van der Waals surface area contributed by atoms with Crippen LogP contribution < -0.4 is 5.32 Å². The zero-order chi connectivity index (χ0) is 22.9. The maximum absolute atomic E-state index is 13.4. The minimum absolute atomic E-state index is 0.00575. The van der Waals surface area contributed by atoms with E-state index in [1.807, 2.05) is 74.6 Å². The van der Waals surface area contributed by atoms with Crippen molar-refractivity contribution in [2.24, 2.45) is 11.8 Å². The second-order valence-corrected chi connectivity index (χ2v) is 8.93. The number of carbonyl (C=O) groups is 2. The first-order chi connectivity index (χ1) is 15.5. The third-order valence-corrected chi connectivity index (χ3v) is 6.53. The fourth-order valence-electron chi connectivity index (χ4n) is 4.71. The summed E-state index contributed by atoms with van der Waals surface area (Å²) in [4.78, 5) is 28.5. The van der Waals surface area contributed by atoms with E-state index in [1.165, 1.54) is 0 Å². The summed E-state index contributed by atoms with van der Waals surface area (Å²) in [7, 11) is 3.50. The Labute approximate surface area is 192 Å². The van der Waals surface area contributed by atoms with Crippen molar-refractivity contribution in [2.75, 3.05) is 20.7 Å². The number of nitrogens with one attached hydrogen (secondary N) is 1. The van der Waals surface area contributed by atoms with E-state index in [1.54, 1.807) is 12.0 Å². The van der Waals surface area contributed by atoms with E-state index in [4.69, 9.17) is 4.74 Å². The van der Waals surface area contributed by atoms with Crippen LogP contribution in [0.2, 0.25) is 0 Å². The molecule has 0 aliphatic carbocycles. The van der Waals surface area contributed by atoms with Crippen molar-refractivity contribution >= 4 is 11.7 Å². The number of hydrogen-bond acceptors (Lipinski definition) is 4. The Bertz CT molecular complexity index is 850. The lowest BCUT2D eigenvalue weighted by Gasteiger charge is -2.29. The summed E-state index contributed by atoms with van der Waals surface area (Å²) in [5, 5.41) is 3.45. The average molecular weight is 437 g/mol. The fourth-order valence-corrected chi connectivity index (χ4v) is 4.71. The highest BCUT2D eigenvalue weighted by atomic mass is 16.5. The van der Waals surface area contributed by atoms with Crippen molar-refractivity contribution < 1.29 is 14.3 Å². The van der Waals surface area contributed by atoms with E-state index in [2.05, 4.69) is 5.32 Å². The third-order valence-electron chi connectivity index (χ3n) is 6.53. The molecule has 1 N–H and O–H groups in total. The van der Waals surface area contributed by atoms with Gasteiger partial charge in [-0.15, -0.1) is 0 Å². The highest BCUT2D eigenvalue weighted by molar-refractivity contribution is 5.88. The van der Waals surface area contributed by atoms with Crippen LogP contribution in [0.5, 0.6) is 0 Å². The van der Waals surface area contributed by atoms with Gasteiger partial charge in [0.05, 0.1) is 6.10 Å². The third kappa shape index (κ3) is 6.50. The SMILES string of the molecule is CO[C@@H]([C@@H]1CCCN1)[C@@H](C)C(=O)C[C@@H](Cc1ccccc1)C(=O)N(C)Cc1ccccc1. The molecule has 0 unspecified atom stereocenters. The lowest BCUT2D eigenvalue weighted by atomic mass is 9.85. The van der Waals surface area contributed by atoms with E-state index in [-0.39, 0.29) is 36.2 Å². The molecule has 0 spiro atoms. The van der Waals surface area contributed by atoms with Crippen molar-refractivity contribution in [1.82, 2.24) is 10.2 Å². The highest BCUT2D eigenvalue weighted by Crippen LogP contribution is 2.24. The van der Waals surface area contributed by atoms with Gasteiger partial charge in [0.15, 0.2) is 0 Å². The van der Waals surface area contributed by atoms with Crippen molar-refractivity contribution in [3.8, 4) is 0 Å². The summed E-state index contributed by atoms with van der Waals surface area (Å²) in [6.45, 7) is 3.43. The first-order valence-electron chi connectivity index (χ1n) is 11.6. The molecule has 4 atom stereocenters. The van der Waals surface area contributed by atoms with Gasteiger partial charge >= 0.3 is 0 Å². The highest BCUT2D eigenvalue weighted by Gasteiger charge is 2.35. The van der Waals surface area contributed by atoms with Gasteiger partial charge < -0.3 is 15.0 Å². The molecule has 0 aromatic heterocycles. The molecule has 32 heavy (non-hydrogen) atoms. The summed E-state index contributed by atoms with van der Waals surface area (Å²) in [5.41, 5.74) is 2.15. The molecule has 5 nitrogen and oxygen atoms in total. The van der Waals surface area contributed by atoms with Crippen LogP contribution in [0.15, 0.2) is 60.7 Å². The Morgan fingerprint density at radius 1 is 1.06 bits per heavy atom. The molecule has 1 aliphatic rings. The standard InChI is InChI=1S/C27H36N2O3/c1-20(26(32-3)24-15-10-16-28-24)25(30)18-23(17-21-11-6-4-7-12-21)27(31)29(2)19-22-13-8-5-9-14-22/h4-9,11-14,20,23-24,26,28H,10,15-19H2,1-3H3/t20-,23+,24-,26+/m0/s1. The second-order valence-electron chi connectivity index (χ2n) is 8.93.